The second-order valence-electron chi connectivity index (χ2n) is 10.2. The van der Waals surface area contributed by atoms with Crippen LogP contribution in [0.3, 0.4) is 0 Å². The third kappa shape index (κ3) is 9.73. The molecule has 0 aliphatic rings. The van der Waals surface area contributed by atoms with Crippen LogP contribution >= 0.6 is 0 Å². The molecule has 10 nitrogen and oxygen atoms in total. The van der Waals surface area contributed by atoms with Crippen LogP contribution in [0.5, 0.6) is 0 Å². The van der Waals surface area contributed by atoms with Gasteiger partial charge in [0.25, 0.3) is 5.91 Å². The van der Waals surface area contributed by atoms with Gasteiger partial charge in [0.15, 0.2) is 0 Å². The molecule has 0 aliphatic heterocycles. The molecule has 254 valence electrons. The van der Waals surface area contributed by atoms with E-state index in [1.165, 1.54) is 24.3 Å². The zero-order valence-electron chi connectivity index (χ0n) is 25.0. The van der Waals surface area contributed by atoms with Crippen LogP contribution in [-0.4, -0.2) is 41.1 Å². The lowest BCUT2D eigenvalue weighted by Gasteiger charge is -2.24. The molecule has 2 atom stereocenters. The maximum absolute atomic E-state index is 13.4. The Bertz CT molecular complexity index is 1880. The number of esters is 2. The summed E-state index contributed by atoms with van der Waals surface area (Å²) in [6, 6.07) is 18.0. The van der Waals surface area contributed by atoms with Gasteiger partial charge in [-0.2, -0.15) is 36.6 Å². The van der Waals surface area contributed by atoms with Crippen LogP contribution in [-0.2, 0) is 31.4 Å². The van der Waals surface area contributed by atoms with E-state index in [-0.39, 0.29) is 5.69 Å². The molecule has 0 aromatic heterocycles. The van der Waals surface area contributed by atoms with E-state index in [4.69, 9.17) is 9.47 Å². The number of alkyl halides is 6. The van der Waals surface area contributed by atoms with Gasteiger partial charge in [0.1, 0.15) is 0 Å². The molecule has 49 heavy (non-hydrogen) atoms. The van der Waals surface area contributed by atoms with Crippen molar-refractivity contribution in [2.75, 3.05) is 5.32 Å². The average molecular weight is 688 g/mol. The van der Waals surface area contributed by atoms with Gasteiger partial charge in [0.2, 0.25) is 12.2 Å². The number of carbonyl (C=O) groups is 4. The van der Waals surface area contributed by atoms with Crippen LogP contribution in [0.15, 0.2) is 107 Å². The van der Waals surface area contributed by atoms with E-state index < -0.39 is 70.6 Å². The molecule has 4 aromatic rings. The first-order valence-electron chi connectivity index (χ1n) is 13.9. The summed E-state index contributed by atoms with van der Waals surface area (Å²) in [5.41, 5.74) is -2.20. The van der Waals surface area contributed by atoms with Crippen LogP contribution in [0.25, 0.3) is 0 Å². The summed E-state index contributed by atoms with van der Waals surface area (Å²) in [7, 11) is 0. The molecule has 0 spiro atoms. The first-order valence-corrected chi connectivity index (χ1v) is 13.9. The van der Waals surface area contributed by atoms with Crippen molar-refractivity contribution in [3.8, 4) is 0 Å². The second-order valence-corrected chi connectivity index (χ2v) is 10.2. The number of benzene rings is 4. The molecule has 0 heterocycles. The first-order chi connectivity index (χ1) is 23.0. The second kappa shape index (κ2) is 14.8. The molecule has 4 aromatic carbocycles. The molecule has 0 saturated carbocycles. The smallest absolute Gasteiger partial charge is 0.416 e. The Morgan fingerprint density at radius 1 is 0.653 bits per heavy atom. The van der Waals surface area contributed by atoms with Gasteiger partial charge in [-0.1, -0.05) is 29.8 Å². The van der Waals surface area contributed by atoms with Crippen LogP contribution in [0.1, 0.15) is 37.4 Å². The first kappa shape index (κ1) is 35.8. The fourth-order valence-corrected chi connectivity index (χ4v) is 4.06. The summed E-state index contributed by atoms with van der Waals surface area (Å²) in [4.78, 5) is 51.3. The van der Waals surface area contributed by atoms with E-state index in [9.17, 15) is 50.6 Å². The lowest BCUT2D eigenvalue weighted by molar-refractivity contribution is -0.157. The molecule has 2 N–H and O–H groups in total. The minimum Gasteiger partial charge on any atom is -0.478 e. The zero-order valence-corrected chi connectivity index (χ0v) is 25.0. The number of nitrogens with zero attached hydrogens (tertiary/aromatic N) is 2. The van der Waals surface area contributed by atoms with E-state index in [0.717, 1.165) is 29.8 Å². The summed E-state index contributed by atoms with van der Waals surface area (Å²) in [5.74, 6) is -6.75. The lowest BCUT2D eigenvalue weighted by atomic mass is 10.1. The monoisotopic (exact) mass is 687 g/mol. The van der Waals surface area contributed by atoms with Gasteiger partial charge >= 0.3 is 30.3 Å². The average Bonchev–Trinajstić information content (AvgIpc) is 3.05. The van der Waals surface area contributed by atoms with Gasteiger partial charge in [-0.15, -0.1) is 0 Å². The highest BCUT2D eigenvalue weighted by molar-refractivity contribution is 6.01. The molecule has 0 unspecified atom stereocenters. The Morgan fingerprint density at radius 3 is 1.51 bits per heavy atom. The molecular weight excluding hydrogens is 664 g/mol. The SMILES string of the molecule is Cc1ccc(N=Nc2ccc(NC(=O)[C@@H](OC(=O)c3cccc(C(F)(F)F)c3)[C@@H](OC(=O)c3cccc(C(F)(F)F)c3)C(=O)O)cc2)cc1. The van der Waals surface area contributed by atoms with Crippen molar-refractivity contribution in [1.29, 1.82) is 0 Å². The maximum atomic E-state index is 13.4. The number of carboxylic acids is 1. The number of amides is 1. The number of nitrogens with one attached hydrogen (secondary N) is 1. The van der Waals surface area contributed by atoms with Gasteiger partial charge in [-0.3, -0.25) is 4.79 Å². The number of halogens is 6. The van der Waals surface area contributed by atoms with Gasteiger partial charge in [-0.05, 0) is 79.7 Å². The topological polar surface area (TPSA) is 144 Å². The summed E-state index contributed by atoms with van der Waals surface area (Å²) in [6.45, 7) is 1.89. The van der Waals surface area contributed by atoms with Crippen molar-refractivity contribution in [3.63, 3.8) is 0 Å². The lowest BCUT2D eigenvalue weighted by Crippen LogP contribution is -2.48. The Labute approximate surface area is 273 Å². The number of carbonyl (C=O) groups excluding carboxylic acids is 3. The third-order valence-electron chi connectivity index (χ3n) is 6.55. The summed E-state index contributed by atoms with van der Waals surface area (Å²) in [5, 5.41) is 20.2. The molecule has 0 fully saturated rings. The Hall–Kier alpha value is -6.06. The molecular formula is C33H23F6N3O7. The van der Waals surface area contributed by atoms with Crippen molar-refractivity contribution >= 4 is 40.9 Å². The van der Waals surface area contributed by atoms with E-state index >= 15 is 0 Å². The highest BCUT2D eigenvalue weighted by Crippen LogP contribution is 2.31. The Kier molecular flexibility index (Phi) is 10.8. The predicted octanol–water partition coefficient (Wildman–Crippen LogP) is 7.92. The fraction of sp³-hybridized carbons (Fsp3) is 0.152. The number of hydrogen-bond donors (Lipinski definition) is 2. The number of azo groups is 1. The fourth-order valence-electron chi connectivity index (χ4n) is 4.06. The highest BCUT2D eigenvalue weighted by atomic mass is 19.4. The van der Waals surface area contributed by atoms with Crippen molar-refractivity contribution in [3.05, 3.63) is 125 Å². The van der Waals surface area contributed by atoms with Gasteiger partial charge in [-0.25, -0.2) is 14.4 Å². The largest absolute Gasteiger partial charge is 0.478 e. The minimum absolute atomic E-state index is 0.0206. The molecule has 0 radical (unpaired) electrons. The van der Waals surface area contributed by atoms with Gasteiger partial charge in [0, 0.05) is 5.69 Å². The van der Waals surface area contributed by atoms with E-state index in [1.54, 1.807) is 12.1 Å². The van der Waals surface area contributed by atoms with Crippen molar-refractivity contribution in [2.45, 2.75) is 31.5 Å². The van der Waals surface area contributed by atoms with Crippen molar-refractivity contribution < 1.29 is 60.1 Å². The summed E-state index contributed by atoms with van der Waals surface area (Å²) >= 11 is 0. The quantitative estimate of drug-likeness (QED) is 0.0979. The maximum Gasteiger partial charge on any atom is 0.416 e. The molecule has 1 amide bonds. The van der Waals surface area contributed by atoms with Crippen LogP contribution in [0.4, 0.5) is 43.4 Å². The molecule has 0 aliphatic carbocycles. The van der Waals surface area contributed by atoms with Crippen LogP contribution < -0.4 is 5.32 Å². The molecule has 4 rings (SSSR count). The Morgan fingerprint density at radius 2 is 1.08 bits per heavy atom. The van der Waals surface area contributed by atoms with E-state index in [1.807, 2.05) is 19.1 Å². The highest BCUT2D eigenvalue weighted by Gasteiger charge is 2.42. The molecule has 0 bridgehead atoms. The van der Waals surface area contributed by atoms with Crippen LogP contribution in [0.2, 0.25) is 0 Å². The van der Waals surface area contributed by atoms with E-state index in [0.29, 0.717) is 35.6 Å². The third-order valence-corrected chi connectivity index (χ3v) is 6.55. The number of aryl methyl sites for hydroxylation is 1. The normalized spacial score (nSPS) is 13.0. The number of ether oxygens (including phenoxy) is 2. The van der Waals surface area contributed by atoms with Gasteiger partial charge in [0.05, 0.1) is 33.6 Å². The standard InChI is InChI=1S/C33H23F6N3O7/c1-18-8-10-24(11-9-18)41-42-25-14-12-23(13-15-25)40-28(43)26(48-30(46)19-4-2-6-21(16-19)32(34,35)36)27(29(44)45)49-31(47)20-5-3-7-22(17-20)33(37,38)39/h2-17,26-27H,1H3,(H,40,43)(H,44,45)/t26-,27+/m0/s1. The van der Waals surface area contributed by atoms with Gasteiger partial charge < -0.3 is 19.9 Å². The number of carboxylic acid groups (broad SMARTS) is 1. The number of aliphatic carboxylic acids is 1. The molecule has 16 heteroatoms. The summed E-state index contributed by atoms with van der Waals surface area (Å²) in [6.07, 6.45) is -15.0. The van der Waals surface area contributed by atoms with Crippen LogP contribution in [0, 0.1) is 6.92 Å². The number of rotatable bonds is 10. The molecule has 0 saturated heterocycles. The van der Waals surface area contributed by atoms with Crippen molar-refractivity contribution in [2.24, 2.45) is 10.2 Å². The number of anilines is 1. The van der Waals surface area contributed by atoms with Crippen molar-refractivity contribution in [1.82, 2.24) is 0 Å². The Balaban J connectivity index is 1.61. The van der Waals surface area contributed by atoms with E-state index in [2.05, 4.69) is 15.5 Å². The summed E-state index contributed by atoms with van der Waals surface area (Å²) < 4.78 is 89.2. The number of hydrogen-bond acceptors (Lipinski definition) is 8. The predicted molar refractivity (Wildman–Crippen MR) is 159 cm³/mol. The minimum atomic E-state index is -4.89. The zero-order chi connectivity index (χ0) is 35.9.